The van der Waals surface area contributed by atoms with E-state index in [1.54, 1.807) is 6.92 Å². The van der Waals surface area contributed by atoms with Crippen molar-refractivity contribution in [3.63, 3.8) is 0 Å². The minimum absolute atomic E-state index is 0.122. The van der Waals surface area contributed by atoms with Crippen molar-refractivity contribution < 1.29 is 14.6 Å². The van der Waals surface area contributed by atoms with Gasteiger partial charge in [-0.15, -0.1) is 0 Å². The van der Waals surface area contributed by atoms with Crippen LogP contribution in [0.4, 0.5) is 0 Å². The Morgan fingerprint density at radius 1 is 1.57 bits per heavy atom. The summed E-state index contributed by atoms with van der Waals surface area (Å²) in [6.45, 7) is 2.09. The van der Waals surface area contributed by atoms with Crippen LogP contribution >= 0.6 is 0 Å². The van der Waals surface area contributed by atoms with E-state index in [0.29, 0.717) is 6.61 Å². The molecule has 3 atom stereocenters. The molecule has 0 aromatic heterocycles. The lowest BCUT2D eigenvalue weighted by Gasteiger charge is -2.30. The Bertz CT molecular complexity index is 196. The smallest absolute Gasteiger partial charge is 0.323 e. The maximum Gasteiger partial charge on any atom is 0.323 e. The molecule has 0 aliphatic heterocycles. The van der Waals surface area contributed by atoms with E-state index in [1.165, 1.54) is 0 Å². The summed E-state index contributed by atoms with van der Waals surface area (Å²) in [5.74, 6) is -0.513. The van der Waals surface area contributed by atoms with Gasteiger partial charge >= 0.3 is 5.97 Å². The fourth-order valence-electron chi connectivity index (χ4n) is 1.97. The molecule has 0 radical (unpaired) electrons. The quantitative estimate of drug-likeness (QED) is 0.649. The van der Waals surface area contributed by atoms with Crippen LogP contribution in [0.3, 0.4) is 0 Å². The molecule has 1 rings (SSSR count). The largest absolute Gasteiger partial charge is 0.465 e. The summed E-state index contributed by atoms with van der Waals surface area (Å²) in [5.41, 5.74) is 5.73. The Morgan fingerprint density at radius 2 is 2.21 bits per heavy atom. The SMILES string of the molecule is CCOC(=O)[C@@H](N)[C@H]1CCCC[C@@H]1O. The fraction of sp³-hybridized carbons (Fsp3) is 0.900. The number of aliphatic hydroxyl groups excluding tert-OH is 1. The van der Waals surface area contributed by atoms with Crippen molar-refractivity contribution in [3.8, 4) is 0 Å². The van der Waals surface area contributed by atoms with Crippen LogP contribution in [-0.2, 0) is 9.53 Å². The molecular formula is C10H19NO3. The van der Waals surface area contributed by atoms with Crippen LogP contribution in [-0.4, -0.2) is 29.8 Å². The van der Waals surface area contributed by atoms with Crippen LogP contribution in [0.2, 0.25) is 0 Å². The van der Waals surface area contributed by atoms with E-state index in [2.05, 4.69) is 0 Å². The molecule has 0 aromatic carbocycles. The van der Waals surface area contributed by atoms with Crippen molar-refractivity contribution >= 4 is 5.97 Å². The second kappa shape index (κ2) is 5.32. The molecular weight excluding hydrogens is 182 g/mol. The van der Waals surface area contributed by atoms with E-state index in [4.69, 9.17) is 10.5 Å². The van der Waals surface area contributed by atoms with E-state index in [1.807, 2.05) is 0 Å². The van der Waals surface area contributed by atoms with Gasteiger partial charge in [0.2, 0.25) is 0 Å². The molecule has 0 saturated heterocycles. The Hall–Kier alpha value is -0.610. The zero-order chi connectivity index (χ0) is 10.6. The summed E-state index contributed by atoms with van der Waals surface area (Å²) in [6, 6.07) is -0.662. The van der Waals surface area contributed by atoms with E-state index in [-0.39, 0.29) is 5.92 Å². The lowest BCUT2D eigenvalue weighted by molar-refractivity contribution is -0.147. The third-order valence-electron chi connectivity index (χ3n) is 2.80. The molecule has 1 aliphatic carbocycles. The number of aliphatic hydroxyl groups is 1. The Kier molecular flexibility index (Phi) is 4.35. The van der Waals surface area contributed by atoms with Crippen LogP contribution in [0.5, 0.6) is 0 Å². The molecule has 14 heavy (non-hydrogen) atoms. The van der Waals surface area contributed by atoms with Gasteiger partial charge in [0.05, 0.1) is 12.7 Å². The van der Waals surface area contributed by atoms with Gasteiger partial charge in [0.15, 0.2) is 0 Å². The highest BCUT2D eigenvalue weighted by atomic mass is 16.5. The van der Waals surface area contributed by atoms with Crippen molar-refractivity contribution in [2.75, 3.05) is 6.61 Å². The molecule has 0 unspecified atom stereocenters. The summed E-state index contributed by atoms with van der Waals surface area (Å²) < 4.78 is 4.83. The molecule has 4 nitrogen and oxygen atoms in total. The number of esters is 1. The summed E-state index contributed by atoms with van der Waals surface area (Å²) in [7, 11) is 0. The molecule has 0 aromatic rings. The first-order chi connectivity index (χ1) is 6.66. The topological polar surface area (TPSA) is 72.5 Å². The molecule has 4 heteroatoms. The number of carbonyl (C=O) groups is 1. The first-order valence-electron chi connectivity index (χ1n) is 5.27. The predicted molar refractivity (Wildman–Crippen MR) is 52.6 cm³/mol. The minimum Gasteiger partial charge on any atom is -0.465 e. The first kappa shape index (κ1) is 11.5. The van der Waals surface area contributed by atoms with Gasteiger partial charge in [0.1, 0.15) is 6.04 Å². The van der Waals surface area contributed by atoms with Crippen molar-refractivity contribution in [1.29, 1.82) is 0 Å². The molecule has 1 aliphatic rings. The third-order valence-corrected chi connectivity index (χ3v) is 2.80. The second-order valence-electron chi connectivity index (χ2n) is 3.79. The van der Waals surface area contributed by atoms with Crippen molar-refractivity contribution in [1.82, 2.24) is 0 Å². The van der Waals surface area contributed by atoms with E-state index < -0.39 is 18.1 Å². The van der Waals surface area contributed by atoms with Crippen molar-refractivity contribution in [3.05, 3.63) is 0 Å². The van der Waals surface area contributed by atoms with Crippen LogP contribution in [0, 0.1) is 5.92 Å². The van der Waals surface area contributed by atoms with Crippen molar-refractivity contribution in [2.24, 2.45) is 11.7 Å². The summed E-state index contributed by atoms with van der Waals surface area (Å²) in [5, 5.41) is 9.67. The fourth-order valence-corrected chi connectivity index (χ4v) is 1.97. The lowest BCUT2D eigenvalue weighted by Crippen LogP contribution is -2.46. The zero-order valence-electron chi connectivity index (χ0n) is 8.61. The molecule has 0 amide bonds. The minimum atomic E-state index is -0.662. The summed E-state index contributed by atoms with van der Waals surface area (Å²) in [4.78, 5) is 11.3. The third kappa shape index (κ3) is 2.69. The molecule has 1 saturated carbocycles. The van der Waals surface area contributed by atoms with Crippen LogP contribution in [0.1, 0.15) is 32.6 Å². The van der Waals surface area contributed by atoms with E-state index >= 15 is 0 Å². The maximum atomic E-state index is 11.3. The molecule has 0 spiro atoms. The normalized spacial score (nSPS) is 29.6. The van der Waals surface area contributed by atoms with Crippen LogP contribution in [0.25, 0.3) is 0 Å². The monoisotopic (exact) mass is 201 g/mol. The standard InChI is InChI=1S/C10H19NO3/c1-2-14-10(13)9(11)7-5-3-4-6-8(7)12/h7-9,12H,2-6,11H2,1H3/t7-,8-,9-/m0/s1. The maximum absolute atomic E-state index is 11.3. The number of ether oxygens (including phenoxy) is 1. The molecule has 82 valence electrons. The van der Waals surface area contributed by atoms with Gasteiger partial charge in [-0.1, -0.05) is 12.8 Å². The van der Waals surface area contributed by atoms with Gasteiger partial charge in [-0.05, 0) is 19.8 Å². The van der Waals surface area contributed by atoms with E-state index in [0.717, 1.165) is 25.7 Å². The average Bonchev–Trinajstić information content (AvgIpc) is 2.18. The lowest BCUT2D eigenvalue weighted by atomic mass is 9.82. The average molecular weight is 201 g/mol. The highest BCUT2D eigenvalue weighted by molar-refractivity contribution is 5.75. The summed E-state index contributed by atoms with van der Waals surface area (Å²) >= 11 is 0. The highest BCUT2D eigenvalue weighted by Crippen LogP contribution is 2.26. The highest BCUT2D eigenvalue weighted by Gasteiger charge is 2.33. The van der Waals surface area contributed by atoms with E-state index in [9.17, 15) is 9.90 Å². The molecule has 0 bridgehead atoms. The molecule has 3 N–H and O–H groups in total. The molecule has 1 fully saturated rings. The zero-order valence-corrected chi connectivity index (χ0v) is 8.61. The number of rotatable bonds is 3. The van der Waals surface area contributed by atoms with Gasteiger partial charge in [0, 0.05) is 5.92 Å². The Morgan fingerprint density at radius 3 is 2.79 bits per heavy atom. The van der Waals surface area contributed by atoms with Gasteiger partial charge in [0.25, 0.3) is 0 Å². The Balaban J connectivity index is 2.48. The number of carbonyl (C=O) groups excluding carboxylic acids is 1. The Labute approximate surface area is 84.4 Å². The van der Waals surface area contributed by atoms with Gasteiger partial charge < -0.3 is 15.6 Å². The number of nitrogens with two attached hydrogens (primary N) is 1. The molecule has 0 heterocycles. The van der Waals surface area contributed by atoms with Gasteiger partial charge in [-0.25, -0.2) is 0 Å². The number of hydrogen-bond donors (Lipinski definition) is 2. The summed E-state index contributed by atoms with van der Waals surface area (Å²) in [6.07, 6.45) is 3.18. The number of hydrogen-bond acceptors (Lipinski definition) is 4. The van der Waals surface area contributed by atoms with Gasteiger partial charge in [-0.2, -0.15) is 0 Å². The first-order valence-corrected chi connectivity index (χ1v) is 5.27. The van der Waals surface area contributed by atoms with Crippen LogP contribution in [0.15, 0.2) is 0 Å². The predicted octanol–water partition coefficient (Wildman–Crippen LogP) is 0.428. The van der Waals surface area contributed by atoms with Gasteiger partial charge in [-0.3, -0.25) is 4.79 Å². The second-order valence-corrected chi connectivity index (χ2v) is 3.79. The van der Waals surface area contributed by atoms with Crippen molar-refractivity contribution in [2.45, 2.75) is 44.8 Å². The van der Waals surface area contributed by atoms with Crippen LogP contribution < -0.4 is 5.73 Å².